The summed E-state index contributed by atoms with van der Waals surface area (Å²) in [5.41, 5.74) is 5.51. The van der Waals surface area contributed by atoms with E-state index in [2.05, 4.69) is 27.2 Å². The Morgan fingerprint density at radius 3 is 2.73 bits per heavy atom. The van der Waals surface area contributed by atoms with Gasteiger partial charge in [0.1, 0.15) is 0 Å². The molecule has 0 atom stereocenters. The van der Waals surface area contributed by atoms with Crippen LogP contribution in [0.25, 0.3) is 0 Å². The van der Waals surface area contributed by atoms with E-state index >= 15 is 0 Å². The molecule has 84 valence electrons. The molecule has 0 amide bonds. The van der Waals surface area contributed by atoms with E-state index in [-0.39, 0.29) is 12.0 Å². The van der Waals surface area contributed by atoms with E-state index in [0.717, 1.165) is 19.4 Å². The summed E-state index contributed by atoms with van der Waals surface area (Å²) < 4.78 is 5.15. The highest BCUT2D eigenvalue weighted by atomic mass is 16.5. The molecule has 1 aromatic heterocycles. The maximum absolute atomic E-state index is 5.51. The first-order valence-corrected chi connectivity index (χ1v) is 5.14. The van der Waals surface area contributed by atoms with Crippen LogP contribution in [0.1, 0.15) is 26.7 Å². The maximum atomic E-state index is 5.51. The van der Waals surface area contributed by atoms with Crippen LogP contribution in [0.5, 0.6) is 6.01 Å². The number of unbranched alkanes of at least 4 members (excludes halogenated alkanes) is 1. The predicted molar refractivity (Wildman–Crippen MR) is 58.8 cm³/mol. The van der Waals surface area contributed by atoms with Crippen molar-refractivity contribution in [2.75, 3.05) is 24.2 Å². The normalized spacial score (nSPS) is 10.0. The predicted octanol–water partition coefficient (Wildman–Crippen LogP) is 1.06. The quantitative estimate of drug-likeness (QED) is 0.684. The molecule has 0 aliphatic heterocycles. The van der Waals surface area contributed by atoms with E-state index in [1.54, 1.807) is 0 Å². The molecule has 3 N–H and O–H groups in total. The van der Waals surface area contributed by atoms with Crippen molar-refractivity contribution in [1.29, 1.82) is 0 Å². The van der Waals surface area contributed by atoms with Crippen LogP contribution in [0.2, 0.25) is 0 Å². The SMILES string of the molecule is CCCCNc1nc(N)nc(OCC)n1. The van der Waals surface area contributed by atoms with Gasteiger partial charge in [0.05, 0.1) is 6.61 Å². The number of ether oxygens (including phenoxy) is 1. The number of nitrogens with one attached hydrogen (secondary N) is 1. The van der Waals surface area contributed by atoms with Gasteiger partial charge in [-0.3, -0.25) is 0 Å². The molecular weight excluding hydrogens is 194 g/mol. The zero-order valence-electron chi connectivity index (χ0n) is 9.16. The Morgan fingerprint density at radius 2 is 2.07 bits per heavy atom. The monoisotopic (exact) mass is 211 g/mol. The number of hydrogen-bond acceptors (Lipinski definition) is 6. The van der Waals surface area contributed by atoms with Gasteiger partial charge in [0.15, 0.2) is 0 Å². The van der Waals surface area contributed by atoms with Crippen LogP contribution in [0, 0.1) is 0 Å². The molecule has 6 nitrogen and oxygen atoms in total. The van der Waals surface area contributed by atoms with E-state index < -0.39 is 0 Å². The highest BCUT2D eigenvalue weighted by Crippen LogP contribution is 2.08. The largest absolute Gasteiger partial charge is 0.464 e. The summed E-state index contributed by atoms with van der Waals surface area (Å²) in [7, 11) is 0. The lowest BCUT2D eigenvalue weighted by Crippen LogP contribution is -2.10. The summed E-state index contributed by atoms with van der Waals surface area (Å²) in [6, 6.07) is 0.268. The van der Waals surface area contributed by atoms with Gasteiger partial charge in [-0.2, -0.15) is 15.0 Å². The summed E-state index contributed by atoms with van der Waals surface area (Å²) in [5.74, 6) is 0.645. The van der Waals surface area contributed by atoms with Crippen molar-refractivity contribution in [3.8, 4) is 6.01 Å². The molecule has 0 bridgehead atoms. The minimum atomic E-state index is 0.174. The van der Waals surface area contributed by atoms with Crippen molar-refractivity contribution in [2.24, 2.45) is 0 Å². The van der Waals surface area contributed by atoms with Crippen LogP contribution >= 0.6 is 0 Å². The van der Waals surface area contributed by atoms with Gasteiger partial charge in [0, 0.05) is 6.54 Å². The highest BCUT2D eigenvalue weighted by molar-refractivity contribution is 5.32. The lowest BCUT2D eigenvalue weighted by atomic mass is 10.3. The molecule has 0 spiro atoms. The molecule has 0 saturated carbocycles. The van der Waals surface area contributed by atoms with Gasteiger partial charge in [-0.1, -0.05) is 13.3 Å². The Balaban J connectivity index is 2.62. The van der Waals surface area contributed by atoms with Gasteiger partial charge in [0.25, 0.3) is 0 Å². The summed E-state index contributed by atoms with van der Waals surface area (Å²) in [5, 5.41) is 3.06. The zero-order valence-corrected chi connectivity index (χ0v) is 9.16. The van der Waals surface area contributed by atoms with Crippen LogP contribution in [-0.4, -0.2) is 28.1 Å². The second-order valence-corrected chi connectivity index (χ2v) is 3.01. The second-order valence-electron chi connectivity index (χ2n) is 3.01. The third kappa shape index (κ3) is 3.97. The minimum absolute atomic E-state index is 0.174. The Labute approximate surface area is 89.3 Å². The number of aromatic nitrogens is 3. The first kappa shape index (κ1) is 11.5. The summed E-state index contributed by atoms with van der Waals surface area (Å²) >= 11 is 0. The molecule has 0 aromatic carbocycles. The molecule has 0 radical (unpaired) electrons. The molecule has 0 saturated heterocycles. The van der Waals surface area contributed by atoms with Crippen molar-refractivity contribution in [3.63, 3.8) is 0 Å². The van der Waals surface area contributed by atoms with Crippen LogP contribution in [0.4, 0.5) is 11.9 Å². The summed E-state index contributed by atoms with van der Waals surface area (Å²) in [4.78, 5) is 11.9. The van der Waals surface area contributed by atoms with Crippen molar-refractivity contribution in [2.45, 2.75) is 26.7 Å². The second kappa shape index (κ2) is 6.00. The van der Waals surface area contributed by atoms with E-state index in [9.17, 15) is 0 Å². The molecule has 1 rings (SSSR count). The molecule has 0 aliphatic rings. The number of hydrogen-bond donors (Lipinski definition) is 2. The van der Waals surface area contributed by atoms with E-state index in [1.807, 2.05) is 6.92 Å². The van der Waals surface area contributed by atoms with E-state index in [1.165, 1.54) is 0 Å². The van der Waals surface area contributed by atoms with E-state index in [4.69, 9.17) is 10.5 Å². The first-order chi connectivity index (χ1) is 7.26. The minimum Gasteiger partial charge on any atom is -0.464 e. The van der Waals surface area contributed by atoms with Gasteiger partial charge in [0.2, 0.25) is 11.9 Å². The molecular formula is C9H17N5O. The van der Waals surface area contributed by atoms with Crippen LogP contribution in [-0.2, 0) is 0 Å². The molecule has 6 heteroatoms. The summed E-state index contributed by atoms with van der Waals surface area (Å²) in [6.07, 6.45) is 2.18. The van der Waals surface area contributed by atoms with Gasteiger partial charge in [-0.25, -0.2) is 0 Å². The third-order valence-electron chi connectivity index (χ3n) is 1.72. The number of nitrogen functional groups attached to an aromatic ring is 1. The van der Waals surface area contributed by atoms with Crippen molar-refractivity contribution < 1.29 is 4.74 Å². The zero-order chi connectivity index (χ0) is 11.1. The molecule has 1 aromatic rings. The lowest BCUT2D eigenvalue weighted by molar-refractivity contribution is 0.312. The fourth-order valence-corrected chi connectivity index (χ4v) is 1.02. The number of nitrogens with zero attached hydrogens (tertiary/aromatic N) is 3. The molecule has 15 heavy (non-hydrogen) atoms. The van der Waals surface area contributed by atoms with Gasteiger partial charge >= 0.3 is 6.01 Å². The topological polar surface area (TPSA) is 86.0 Å². The molecule has 0 unspecified atom stereocenters. The fourth-order valence-electron chi connectivity index (χ4n) is 1.02. The van der Waals surface area contributed by atoms with Crippen molar-refractivity contribution in [3.05, 3.63) is 0 Å². The van der Waals surface area contributed by atoms with Crippen LogP contribution in [0.15, 0.2) is 0 Å². The fraction of sp³-hybridized carbons (Fsp3) is 0.667. The molecule has 1 heterocycles. The van der Waals surface area contributed by atoms with Crippen molar-refractivity contribution >= 4 is 11.9 Å². The first-order valence-electron chi connectivity index (χ1n) is 5.14. The van der Waals surface area contributed by atoms with Gasteiger partial charge in [-0.15, -0.1) is 0 Å². The van der Waals surface area contributed by atoms with E-state index in [0.29, 0.717) is 12.6 Å². The maximum Gasteiger partial charge on any atom is 0.323 e. The summed E-state index contributed by atoms with van der Waals surface area (Å²) in [6.45, 7) is 5.32. The third-order valence-corrected chi connectivity index (χ3v) is 1.72. The van der Waals surface area contributed by atoms with Crippen molar-refractivity contribution in [1.82, 2.24) is 15.0 Å². The average molecular weight is 211 g/mol. The van der Waals surface area contributed by atoms with Crippen LogP contribution in [0.3, 0.4) is 0 Å². The average Bonchev–Trinajstić information content (AvgIpc) is 2.18. The van der Waals surface area contributed by atoms with Gasteiger partial charge < -0.3 is 15.8 Å². The Bertz CT molecular complexity index is 305. The van der Waals surface area contributed by atoms with Gasteiger partial charge in [-0.05, 0) is 13.3 Å². The number of anilines is 2. The Kier molecular flexibility index (Phi) is 4.59. The molecule has 0 aliphatic carbocycles. The lowest BCUT2D eigenvalue weighted by Gasteiger charge is -2.06. The Hall–Kier alpha value is -1.59. The molecule has 0 fully saturated rings. The highest BCUT2D eigenvalue weighted by Gasteiger charge is 2.03. The Morgan fingerprint density at radius 1 is 1.27 bits per heavy atom. The van der Waals surface area contributed by atoms with Crippen LogP contribution < -0.4 is 15.8 Å². The smallest absolute Gasteiger partial charge is 0.323 e. The number of nitrogens with two attached hydrogens (primary N) is 1. The number of rotatable bonds is 6. The standard InChI is InChI=1S/C9H17N5O/c1-3-5-6-11-8-12-7(10)13-9(14-8)15-4-2/h3-6H2,1-2H3,(H3,10,11,12,13,14).